The molecule has 0 atom stereocenters. The van der Waals surface area contributed by atoms with Crippen LogP contribution in [0.15, 0.2) is 69.5 Å². The molecule has 0 fully saturated rings. The van der Waals surface area contributed by atoms with Crippen LogP contribution in [0.2, 0.25) is 0 Å². The zero-order chi connectivity index (χ0) is 19.0. The van der Waals surface area contributed by atoms with E-state index in [4.69, 9.17) is 8.83 Å². The maximum atomic E-state index is 12.0. The zero-order valence-corrected chi connectivity index (χ0v) is 14.4. The molecule has 0 aliphatic heterocycles. The van der Waals surface area contributed by atoms with Crippen molar-refractivity contribution in [2.24, 2.45) is 0 Å². The number of carbonyl (C=O) groups excluding carboxylic acids is 2. The van der Waals surface area contributed by atoms with Crippen molar-refractivity contribution in [3.8, 4) is 0 Å². The molecule has 9 heteroatoms. The molecule has 0 aliphatic carbocycles. The van der Waals surface area contributed by atoms with Gasteiger partial charge in [0.1, 0.15) is 11.2 Å². The van der Waals surface area contributed by atoms with E-state index in [0.717, 1.165) is 0 Å². The van der Waals surface area contributed by atoms with Gasteiger partial charge >= 0.3 is 19.8 Å². The molecule has 0 saturated carbocycles. The van der Waals surface area contributed by atoms with Crippen molar-refractivity contribution in [3.05, 3.63) is 72.2 Å². The van der Waals surface area contributed by atoms with Gasteiger partial charge in [-0.05, 0) is 24.3 Å². The van der Waals surface area contributed by atoms with Gasteiger partial charge in [-0.15, -0.1) is 0 Å². The number of phosphoric ester groups is 1. The summed E-state index contributed by atoms with van der Waals surface area (Å²) in [6, 6.07) is 16.2. The Balaban J connectivity index is 1.49. The fraction of sp³-hybridized carbons (Fsp3) is 0. The number of benzene rings is 2. The summed E-state index contributed by atoms with van der Waals surface area (Å²) in [5.74, 6) is -3.08. The summed E-state index contributed by atoms with van der Waals surface area (Å²) >= 11 is 0. The van der Waals surface area contributed by atoms with Crippen LogP contribution in [0, 0.1) is 0 Å². The smallest absolute Gasteiger partial charge is 0.449 e. The second-order valence-electron chi connectivity index (χ2n) is 5.52. The molecule has 8 nitrogen and oxygen atoms in total. The first-order chi connectivity index (χ1) is 12.9. The van der Waals surface area contributed by atoms with Gasteiger partial charge in [0.25, 0.3) is 0 Å². The maximum Gasteiger partial charge on any atom is 0.589 e. The average molecular weight is 386 g/mol. The second-order valence-corrected chi connectivity index (χ2v) is 6.83. The molecule has 136 valence electrons. The molecule has 0 radical (unpaired) electrons. The monoisotopic (exact) mass is 386 g/mol. The van der Waals surface area contributed by atoms with E-state index in [1.165, 1.54) is 12.1 Å². The van der Waals surface area contributed by atoms with Gasteiger partial charge in [-0.2, -0.15) is 0 Å². The number of rotatable bonds is 4. The largest absolute Gasteiger partial charge is 0.589 e. The van der Waals surface area contributed by atoms with Gasteiger partial charge < -0.3 is 17.9 Å². The Bertz CT molecular complexity index is 1060. The van der Waals surface area contributed by atoms with E-state index in [1.807, 2.05) is 0 Å². The van der Waals surface area contributed by atoms with E-state index in [9.17, 15) is 19.0 Å². The van der Waals surface area contributed by atoms with Gasteiger partial charge in [0.2, 0.25) is 11.5 Å². The van der Waals surface area contributed by atoms with Crippen LogP contribution in [0.5, 0.6) is 0 Å². The molecule has 2 aromatic carbocycles. The van der Waals surface area contributed by atoms with Crippen LogP contribution in [0.25, 0.3) is 21.9 Å². The van der Waals surface area contributed by atoms with Crippen molar-refractivity contribution in [3.63, 3.8) is 0 Å². The van der Waals surface area contributed by atoms with Crippen molar-refractivity contribution < 1.29 is 36.9 Å². The van der Waals surface area contributed by atoms with E-state index in [-0.39, 0.29) is 11.5 Å². The van der Waals surface area contributed by atoms with Crippen LogP contribution in [-0.2, 0) is 13.6 Å². The summed E-state index contributed by atoms with van der Waals surface area (Å²) in [4.78, 5) is 33.8. The molecule has 27 heavy (non-hydrogen) atoms. The third kappa shape index (κ3) is 3.48. The molecule has 1 N–H and O–H groups in total. The van der Waals surface area contributed by atoms with Gasteiger partial charge in [0.05, 0.1) is 0 Å². The normalized spacial score (nSPS) is 11.6. The molecule has 0 bridgehead atoms. The highest BCUT2D eigenvalue weighted by Crippen LogP contribution is 2.45. The minimum atomic E-state index is -5.04. The quantitative estimate of drug-likeness (QED) is 0.516. The number of para-hydroxylation sites is 2. The summed E-state index contributed by atoms with van der Waals surface area (Å²) in [7, 11) is -5.04. The number of phosphoric acid groups is 1. The predicted octanol–water partition coefficient (Wildman–Crippen LogP) is 4.29. The Labute approximate surface area is 151 Å². The van der Waals surface area contributed by atoms with Crippen LogP contribution in [-0.4, -0.2) is 16.8 Å². The van der Waals surface area contributed by atoms with Crippen molar-refractivity contribution >= 4 is 41.7 Å². The molecule has 2 aromatic heterocycles. The van der Waals surface area contributed by atoms with Crippen LogP contribution < -0.4 is 0 Å². The fourth-order valence-corrected chi connectivity index (χ4v) is 3.12. The summed E-state index contributed by atoms with van der Waals surface area (Å²) in [5.41, 5.74) is 0.799. The lowest BCUT2D eigenvalue weighted by Crippen LogP contribution is -2.08. The molecule has 2 heterocycles. The van der Waals surface area contributed by atoms with Crippen LogP contribution >= 0.6 is 7.82 Å². The third-order valence-electron chi connectivity index (χ3n) is 3.65. The summed E-state index contributed by atoms with van der Waals surface area (Å²) in [6.07, 6.45) is 0. The molecule has 0 amide bonds. The molecular formula is C18H11O8P. The topological polar surface area (TPSA) is 116 Å². The number of hydrogen-bond donors (Lipinski definition) is 1. The zero-order valence-electron chi connectivity index (χ0n) is 13.5. The Kier molecular flexibility index (Phi) is 4.07. The van der Waals surface area contributed by atoms with Crippen LogP contribution in [0.4, 0.5) is 0 Å². The molecule has 0 unspecified atom stereocenters. The highest BCUT2D eigenvalue weighted by atomic mass is 31.2. The summed E-state index contributed by atoms with van der Waals surface area (Å²) in [6.45, 7) is 0. The highest BCUT2D eigenvalue weighted by molar-refractivity contribution is 7.48. The van der Waals surface area contributed by atoms with Gasteiger partial charge in [-0.25, -0.2) is 14.2 Å². The van der Waals surface area contributed by atoms with Crippen molar-refractivity contribution in [2.75, 3.05) is 0 Å². The lowest BCUT2D eigenvalue weighted by molar-refractivity contribution is 0.0531. The first-order valence-corrected chi connectivity index (χ1v) is 9.19. The first-order valence-electron chi connectivity index (χ1n) is 7.69. The molecule has 4 aromatic rings. The van der Waals surface area contributed by atoms with Crippen molar-refractivity contribution in [1.82, 2.24) is 0 Å². The highest BCUT2D eigenvalue weighted by Gasteiger charge is 2.34. The minimum Gasteiger partial charge on any atom is -0.449 e. The average Bonchev–Trinajstić information content (AvgIpc) is 3.25. The van der Waals surface area contributed by atoms with E-state index >= 15 is 0 Å². The number of furan rings is 2. The Morgan fingerprint density at radius 2 is 1.19 bits per heavy atom. The Morgan fingerprint density at radius 3 is 1.59 bits per heavy atom. The van der Waals surface area contributed by atoms with Crippen LogP contribution in [0.3, 0.4) is 0 Å². The minimum absolute atomic E-state index is 0.301. The summed E-state index contributed by atoms with van der Waals surface area (Å²) < 4.78 is 31.3. The summed E-state index contributed by atoms with van der Waals surface area (Å²) in [5, 5.41) is 1.22. The SMILES string of the molecule is O=C(OP(=O)(O)OC(=O)c1cc2ccccc2o1)c1cc2ccccc2o1. The molecule has 0 saturated heterocycles. The van der Waals surface area contributed by atoms with E-state index in [2.05, 4.69) is 9.05 Å². The molecule has 0 aliphatic rings. The maximum absolute atomic E-state index is 12.0. The second kappa shape index (κ2) is 6.42. The third-order valence-corrected chi connectivity index (χ3v) is 4.44. The standard InChI is InChI=1S/C18H11O8P/c19-17(15-9-11-5-1-3-7-13(11)23-15)25-27(21,22)26-18(20)16-10-12-6-2-4-8-14(12)24-16/h1-10H,(H,21,22). The first kappa shape index (κ1) is 17.1. The van der Waals surface area contributed by atoms with E-state index in [1.54, 1.807) is 48.5 Å². The van der Waals surface area contributed by atoms with Crippen molar-refractivity contribution in [2.45, 2.75) is 0 Å². The number of hydrogen-bond acceptors (Lipinski definition) is 7. The van der Waals surface area contributed by atoms with Gasteiger partial charge in [-0.3, -0.25) is 4.89 Å². The fourth-order valence-electron chi connectivity index (χ4n) is 2.48. The van der Waals surface area contributed by atoms with Crippen LogP contribution in [0.1, 0.15) is 21.1 Å². The number of carbonyl (C=O) groups is 2. The lowest BCUT2D eigenvalue weighted by Gasteiger charge is -2.09. The van der Waals surface area contributed by atoms with Gasteiger partial charge in [0, 0.05) is 10.8 Å². The predicted molar refractivity (Wildman–Crippen MR) is 93.1 cm³/mol. The number of fused-ring (bicyclic) bond motifs is 2. The molecule has 0 spiro atoms. The Morgan fingerprint density at radius 1 is 0.778 bits per heavy atom. The van der Waals surface area contributed by atoms with Crippen molar-refractivity contribution in [1.29, 1.82) is 0 Å². The molecular weight excluding hydrogens is 375 g/mol. The van der Waals surface area contributed by atoms with Gasteiger partial charge in [-0.1, -0.05) is 36.4 Å². The Hall–Kier alpha value is -3.35. The molecule has 4 rings (SSSR count). The van der Waals surface area contributed by atoms with Gasteiger partial charge in [0.15, 0.2) is 0 Å². The van der Waals surface area contributed by atoms with E-state index in [0.29, 0.717) is 21.9 Å². The van der Waals surface area contributed by atoms with E-state index < -0.39 is 19.8 Å². The lowest BCUT2D eigenvalue weighted by atomic mass is 10.2.